The first-order chi connectivity index (χ1) is 13.5. The Bertz CT molecular complexity index is 893. The molecule has 1 aromatic heterocycles. The van der Waals surface area contributed by atoms with Crippen molar-refractivity contribution in [3.8, 4) is 0 Å². The highest BCUT2D eigenvalue weighted by Gasteiger charge is 2.25. The van der Waals surface area contributed by atoms with Gasteiger partial charge >= 0.3 is 5.97 Å². The maximum atomic E-state index is 12.7. The van der Waals surface area contributed by atoms with E-state index in [-0.39, 0.29) is 28.5 Å². The number of hydrogen-bond acceptors (Lipinski definition) is 3. The van der Waals surface area contributed by atoms with Gasteiger partial charge in [0, 0.05) is 12.7 Å². The lowest BCUT2D eigenvalue weighted by molar-refractivity contribution is 0.0696. The van der Waals surface area contributed by atoms with Crippen molar-refractivity contribution < 1.29 is 14.7 Å². The Kier molecular flexibility index (Phi) is 6.29. The number of nitrogens with one attached hydrogen (secondary N) is 2. The Morgan fingerprint density at radius 3 is 2.43 bits per heavy atom. The van der Waals surface area contributed by atoms with Crippen LogP contribution in [0.5, 0.6) is 0 Å². The fourth-order valence-corrected chi connectivity index (χ4v) is 3.86. The Morgan fingerprint density at radius 1 is 1.11 bits per heavy atom. The Labute approximate surface area is 164 Å². The minimum Gasteiger partial charge on any atom is -0.478 e. The number of H-pyrrole nitrogens is 1. The predicted octanol–water partition coefficient (Wildman–Crippen LogP) is 3.34. The minimum absolute atomic E-state index is 0.225. The van der Waals surface area contributed by atoms with Gasteiger partial charge in [-0.1, -0.05) is 31.9 Å². The summed E-state index contributed by atoms with van der Waals surface area (Å²) in [5.74, 6) is -0.365. The van der Waals surface area contributed by atoms with Crippen molar-refractivity contribution >= 4 is 11.9 Å². The van der Waals surface area contributed by atoms with E-state index in [4.69, 9.17) is 5.11 Å². The third-order valence-corrected chi connectivity index (χ3v) is 5.58. The van der Waals surface area contributed by atoms with Crippen LogP contribution >= 0.6 is 0 Å². The number of pyridine rings is 1. The Balaban J connectivity index is 1.65. The maximum absolute atomic E-state index is 12.7. The third kappa shape index (κ3) is 4.68. The maximum Gasteiger partial charge on any atom is 0.335 e. The van der Waals surface area contributed by atoms with Crippen molar-refractivity contribution in [2.24, 2.45) is 5.92 Å². The lowest BCUT2D eigenvalue weighted by Crippen LogP contribution is -2.33. The molecule has 1 heterocycles. The molecule has 1 aliphatic carbocycles. The number of aromatic nitrogens is 1. The van der Waals surface area contributed by atoms with E-state index < -0.39 is 5.97 Å². The topological polar surface area (TPSA) is 99.3 Å². The molecule has 0 spiro atoms. The fraction of sp³-hybridized carbons (Fsp3) is 0.409. The van der Waals surface area contributed by atoms with Crippen LogP contribution in [0.4, 0.5) is 0 Å². The molecular formula is C22H26N2O4. The number of hydrogen-bond donors (Lipinski definition) is 3. The van der Waals surface area contributed by atoms with Gasteiger partial charge in [0.15, 0.2) is 0 Å². The van der Waals surface area contributed by atoms with Crippen LogP contribution < -0.4 is 10.9 Å². The number of rotatable bonds is 6. The number of amides is 1. The molecule has 6 nitrogen and oxygen atoms in total. The first kappa shape index (κ1) is 19.9. The first-order valence-electron chi connectivity index (χ1n) is 9.77. The predicted molar refractivity (Wildman–Crippen MR) is 107 cm³/mol. The first-order valence-corrected chi connectivity index (χ1v) is 9.77. The molecule has 0 radical (unpaired) electrons. The van der Waals surface area contributed by atoms with Gasteiger partial charge < -0.3 is 15.4 Å². The van der Waals surface area contributed by atoms with Crippen molar-refractivity contribution in [3.63, 3.8) is 0 Å². The van der Waals surface area contributed by atoms with E-state index in [2.05, 4.69) is 17.2 Å². The van der Waals surface area contributed by atoms with Crippen molar-refractivity contribution in [1.82, 2.24) is 10.3 Å². The summed E-state index contributed by atoms with van der Waals surface area (Å²) in [5.41, 5.74) is 1.88. The summed E-state index contributed by atoms with van der Waals surface area (Å²) < 4.78 is 0. The zero-order valence-electron chi connectivity index (χ0n) is 16.0. The third-order valence-electron chi connectivity index (χ3n) is 5.58. The van der Waals surface area contributed by atoms with Gasteiger partial charge in [-0.15, -0.1) is 0 Å². The molecule has 0 atom stereocenters. The van der Waals surface area contributed by atoms with Gasteiger partial charge in [-0.25, -0.2) is 4.79 Å². The van der Waals surface area contributed by atoms with E-state index in [1.54, 1.807) is 30.5 Å². The van der Waals surface area contributed by atoms with Gasteiger partial charge in [-0.05, 0) is 60.4 Å². The monoisotopic (exact) mass is 382 g/mol. The summed E-state index contributed by atoms with van der Waals surface area (Å²) in [6.07, 6.45) is 6.42. The second-order valence-electron chi connectivity index (χ2n) is 7.60. The number of carbonyl (C=O) groups is 2. The van der Waals surface area contributed by atoms with Crippen molar-refractivity contribution in [1.29, 1.82) is 0 Å². The number of carboxylic acids is 1. The SMILES string of the molecule is CC1CCC(c2cc[nH]c(=O)c2C(=O)NCCc2ccc(C(=O)O)cc2)CC1. The summed E-state index contributed by atoms with van der Waals surface area (Å²) in [7, 11) is 0. The molecule has 1 aliphatic rings. The fourth-order valence-electron chi connectivity index (χ4n) is 3.86. The zero-order chi connectivity index (χ0) is 20.1. The summed E-state index contributed by atoms with van der Waals surface area (Å²) in [5, 5.41) is 11.8. The van der Waals surface area contributed by atoms with Crippen molar-refractivity contribution in [2.45, 2.75) is 44.9 Å². The van der Waals surface area contributed by atoms with E-state index in [1.807, 2.05) is 6.07 Å². The quantitative estimate of drug-likeness (QED) is 0.713. The van der Waals surface area contributed by atoms with Crippen LogP contribution in [0.3, 0.4) is 0 Å². The number of aromatic amines is 1. The highest BCUT2D eigenvalue weighted by atomic mass is 16.4. The molecule has 0 saturated heterocycles. The molecule has 1 fully saturated rings. The highest BCUT2D eigenvalue weighted by molar-refractivity contribution is 5.95. The molecule has 148 valence electrons. The summed E-state index contributed by atoms with van der Waals surface area (Å²) >= 11 is 0. The van der Waals surface area contributed by atoms with Gasteiger partial charge in [0.05, 0.1) is 5.56 Å². The highest BCUT2D eigenvalue weighted by Crippen LogP contribution is 2.36. The van der Waals surface area contributed by atoms with E-state index in [0.717, 1.165) is 36.8 Å². The Hall–Kier alpha value is -2.89. The molecule has 3 rings (SSSR count). The molecule has 28 heavy (non-hydrogen) atoms. The van der Waals surface area contributed by atoms with Crippen molar-refractivity contribution in [2.75, 3.05) is 6.54 Å². The van der Waals surface area contributed by atoms with Gasteiger partial charge in [-0.2, -0.15) is 0 Å². The molecule has 1 amide bonds. The van der Waals surface area contributed by atoms with Crippen LogP contribution in [0, 0.1) is 5.92 Å². The van der Waals surface area contributed by atoms with Crippen LogP contribution in [0.15, 0.2) is 41.3 Å². The van der Waals surface area contributed by atoms with Crippen molar-refractivity contribution in [3.05, 3.63) is 69.1 Å². The van der Waals surface area contributed by atoms with Crippen LogP contribution in [-0.4, -0.2) is 28.5 Å². The second-order valence-corrected chi connectivity index (χ2v) is 7.60. The van der Waals surface area contributed by atoms with Crippen LogP contribution in [0.1, 0.15) is 70.4 Å². The van der Waals surface area contributed by atoms with Crippen LogP contribution in [0.2, 0.25) is 0 Å². The second kappa shape index (κ2) is 8.87. The number of carboxylic acid groups (broad SMARTS) is 1. The van der Waals surface area contributed by atoms with Gasteiger partial charge in [0.2, 0.25) is 0 Å². The molecule has 0 aliphatic heterocycles. The zero-order valence-corrected chi connectivity index (χ0v) is 16.0. The molecule has 0 bridgehead atoms. The van der Waals surface area contributed by atoms with Gasteiger partial charge in [0.25, 0.3) is 11.5 Å². The van der Waals surface area contributed by atoms with Gasteiger partial charge in [-0.3, -0.25) is 9.59 Å². The number of carbonyl (C=O) groups excluding carboxylic acids is 1. The Morgan fingerprint density at radius 2 is 1.79 bits per heavy atom. The molecule has 1 saturated carbocycles. The summed E-state index contributed by atoms with van der Waals surface area (Å²) in [6.45, 7) is 2.62. The molecule has 2 aromatic rings. The normalized spacial score (nSPS) is 19.2. The molecule has 3 N–H and O–H groups in total. The standard InChI is InChI=1S/C22H26N2O4/c1-14-2-6-16(7-3-14)18-11-13-24-21(26)19(18)20(25)23-12-10-15-4-8-17(9-5-15)22(27)28/h4-5,8-9,11,13-14,16H,2-3,6-7,10,12H2,1H3,(H,23,25)(H,24,26)(H,27,28). The van der Waals surface area contributed by atoms with E-state index in [0.29, 0.717) is 18.9 Å². The van der Waals surface area contributed by atoms with E-state index in [9.17, 15) is 14.4 Å². The lowest BCUT2D eigenvalue weighted by atomic mass is 9.78. The number of benzene rings is 1. The molecule has 1 aromatic carbocycles. The van der Waals surface area contributed by atoms with E-state index >= 15 is 0 Å². The largest absolute Gasteiger partial charge is 0.478 e. The molecule has 0 unspecified atom stereocenters. The summed E-state index contributed by atoms with van der Waals surface area (Å²) in [6, 6.07) is 8.42. The average Bonchev–Trinajstić information content (AvgIpc) is 2.68. The van der Waals surface area contributed by atoms with Crippen LogP contribution in [0.25, 0.3) is 0 Å². The average molecular weight is 382 g/mol. The smallest absolute Gasteiger partial charge is 0.335 e. The van der Waals surface area contributed by atoms with Gasteiger partial charge in [0.1, 0.15) is 5.56 Å². The molecular weight excluding hydrogens is 356 g/mol. The van der Waals surface area contributed by atoms with Crippen LogP contribution in [-0.2, 0) is 6.42 Å². The summed E-state index contributed by atoms with van der Waals surface area (Å²) in [4.78, 5) is 38.6. The molecule has 6 heteroatoms. The van der Waals surface area contributed by atoms with E-state index in [1.165, 1.54) is 0 Å². The number of aromatic carboxylic acids is 1. The minimum atomic E-state index is -0.965. The lowest BCUT2D eigenvalue weighted by Gasteiger charge is -2.27.